The zero-order chi connectivity index (χ0) is 27.6. The van der Waals surface area contributed by atoms with E-state index in [1.165, 1.54) is 17.0 Å². The fourth-order valence-electron chi connectivity index (χ4n) is 5.67. The summed E-state index contributed by atoms with van der Waals surface area (Å²) in [5.41, 5.74) is 2.58. The first-order valence-corrected chi connectivity index (χ1v) is 13.3. The van der Waals surface area contributed by atoms with Gasteiger partial charge >= 0.3 is 0 Å². The van der Waals surface area contributed by atoms with E-state index in [-0.39, 0.29) is 30.1 Å². The zero-order valence-corrected chi connectivity index (χ0v) is 22.3. The minimum absolute atomic E-state index is 0.0440. The fraction of sp³-hybridized carbons (Fsp3) is 0.323. The van der Waals surface area contributed by atoms with Crippen LogP contribution < -0.4 is 10.2 Å². The number of hydrogen-bond donors (Lipinski definition) is 1. The number of benzene rings is 3. The Bertz CT molecular complexity index is 1340. The smallest absolute Gasteiger partial charge is 0.261 e. The average Bonchev–Trinajstić information content (AvgIpc) is 3.25. The molecule has 0 aromatic heterocycles. The predicted octanol–water partition coefficient (Wildman–Crippen LogP) is 4.15. The van der Waals surface area contributed by atoms with Gasteiger partial charge in [-0.05, 0) is 68.1 Å². The number of carbonyl (C=O) groups excluding carboxylic acids is 3. The lowest BCUT2D eigenvalue weighted by Crippen LogP contribution is -2.57. The second-order valence-corrected chi connectivity index (χ2v) is 10.3. The lowest BCUT2D eigenvalue weighted by Gasteiger charge is -2.43. The minimum atomic E-state index is -0.738. The van der Waals surface area contributed by atoms with E-state index in [4.69, 9.17) is 0 Å². The van der Waals surface area contributed by atoms with Crippen molar-refractivity contribution in [3.63, 3.8) is 0 Å². The van der Waals surface area contributed by atoms with Gasteiger partial charge in [0, 0.05) is 43.0 Å². The number of hydrogen-bond acceptors (Lipinski definition) is 5. The van der Waals surface area contributed by atoms with Crippen LogP contribution in [-0.2, 0) is 4.79 Å². The number of halogens is 1. The van der Waals surface area contributed by atoms with E-state index < -0.39 is 5.54 Å². The summed E-state index contributed by atoms with van der Waals surface area (Å²) in [7, 11) is 0. The molecular weight excluding hydrogens is 495 g/mol. The number of likely N-dealkylation sites (tertiary alicyclic amines) is 1. The Morgan fingerprint density at radius 3 is 2.05 bits per heavy atom. The van der Waals surface area contributed by atoms with Crippen LogP contribution in [0.5, 0.6) is 0 Å². The summed E-state index contributed by atoms with van der Waals surface area (Å²) in [6.07, 6.45) is 1.12. The molecule has 5 rings (SSSR count). The monoisotopic (exact) mass is 528 g/mol. The minimum Gasteiger partial charge on any atom is -0.339 e. The molecule has 39 heavy (non-hydrogen) atoms. The van der Waals surface area contributed by atoms with Crippen molar-refractivity contribution in [3.8, 4) is 0 Å². The van der Waals surface area contributed by atoms with Crippen LogP contribution in [0.4, 0.5) is 10.1 Å². The van der Waals surface area contributed by atoms with Crippen molar-refractivity contribution in [2.24, 2.45) is 0 Å². The SMILES string of the molecule is Cc1ccccc1C(=O)N(CCN1CCC2(CC1)C(=O)NCN2c1cccc(F)c1)C(=O)c1ccccc1C. The molecule has 202 valence electrons. The van der Waals surface area contributed by atoms with Crippen molar-refractivity contribution < 1.29 is 18.8 Å². The largest absolute Gasteiger partial charge is 0.339 e. The molecule has 0 bridgehead atoms. The zero-order valence-electron chi connectivity index (χ0n) is 22.3. The van der Waals surface area contributed by atoms with Gasteiger partial charge in [-0.1, -0.05) is 42.5 Å². The van der Waals surface area contributed by atoms with Gasteiger partial charge in [-0.2, -0.15) is 0 Å². The van der Waals surface area contributed by atoms with Gasteiger partial charge < -0.3 is 15.1 Å². The van der Waals surface area contributed by atoms with Crippen LogP contribution in [-0.4, -0.2) is 65.9 Å². The third-order valence-corrected chi connectivity index (χ3v) is 8.02. The van der Waals surface area contributed by atoms with Crippen LogP contribution in [0, 0.1) is 19.7 Å². The molecule has 3 aromatic carbocycles. The maximum Gasteiger partial charge on any atom is 0.261 e. The van der Waals surface area contributed by atoms with Gasteiger partial charge in [0.2, 0.25) is 5.91 Å². The van der Waals surface area contributed by atoms with Crippen LogP contribution in [0.2, 0.25) is 0 Å². The van der Waals surface area contributed by atoms with E-state index in [1.54, 1.807) is 30.3 Å². The van der Waals surface area contributed by atoms with E-state index in [0.29, 0.717) is 56.0 Å². The molecule has 3 amide bonds. The lowest BCUT2D eigenvalue weighted by atomic mass is 9.85. The van der Waals surface area contributed by atoms with Crippen molar-refractivity contribution in [1.82, 2.24) is 15.1 Å². The molecule has 0 atom stereocenters. The Hall–Kier alpha value is -4.04. The van der Waals surface area contributed by atoms with Crippen LogP contribution in [0.1, 0.15) is 44.7 Å². The number of amides is 3. The quantitative estimate of drug-likeness (QED) is 0.487. The van der Waals surface area contributed by atoms with Gasteiger partial charge in [-0.15, -0.1) is 0 Å². The van der Waals surface area contributed by atoms with Gasteiger partial charge in [0.05, 0.1) is 6.67 Å². The number of carbonyl (C=O) groups is 3. The van der Waals surface area contributed by atoms with E-state index in [2.05, 4.69) is 10.2 Å². The van der Waals surface area contributed by atoms with E-state index in [0.717, 1.165) is 11.1 Å². The summed E-state index contributed by atoms with van der Waals surface area (Å²) >= 11 is 0. The molecule has 8 heteroatoms. The summed E-state index contributed by atoms with van der Waals surface area (Å²) < 4.78 is 13.9. The molecule has 2 aliphatic rings. The Morgan fingerprint density at radius 1 is 0.897 bits per heavy atom. The third kappa shape index (κ3) is 5.16. The first-order chi connectivity index (χ1) is 18.8. The molecule has 0 radical (unpaired) electrons. The summed E-state index contributed by atoms with van der Waals surface area (Å²) in [6.45, 7) is 6.02. The summed E-state index contributed by atoms with van der Waals surface area (Å²) in [6, 6.07) is 20.9. The van der Waals surface area contributed by atoms with Crippen LogP contribution >= 0.6 is 0 Å². The average molecular weight is 529 g/mol. The van der Waals surface area contributed by atoms with E-state index in [1.807, 2.05) is 49.1 Å². The topological polar surface area (TPSA) is 73.0 Å². The summed E-state index contributed by atoms with van der Waals surface area (Å²) in [4.78, 5) is 45.7. The Morgan fingerprint density at radius 2 is 1.49 bits per heavy atom. The van der Waals surface area contributed by atoms with Gasteiger partial charge in [0.25, 0.3) is 11.8 Å². The number of nitrogens with one attached hydrogen (secondary N) is 1. The molecule has 0 unspecified atom stereocenters. The Labute approximate surface area is 228 Å². The molecule has 2 saturated heterocycles. The molecule has 7 nitrogen and oxygen atoms in total. The van der Waals surface area contributed by atoms with Crippen molar-refractivity contribution in [2.45, 2.75) is 32.2 Å². The van der Waals surface area contributed by atoms with Gasteiger partial charge in [-0.25, -0.2) is 4.39 Å². The maximum absolute atomic E-state index is 13.9. The standard InChI is InChI=1S/C31H33FN4O3/c1-22-8-3-5-12-26(22)28(37)35(29(38)27-13-6-4-9-23(27)2)19-18-34-16-14-31(15-17-34)30(39)33-21-36(31)25-11-7-10-24(32)20-25/h3-13,20H,14-19,21H2,1-2H3,(H,33,39). The second kappa shape index (κ2) is 11.0. The van der Waals surface area contributed by atoms with E-state index in [9.17, 15) is 18.8 Å². The molecule has 0 aliphatic carbocycles. The number of imide groups is 1. The summed E-state index contributed by atoms with van der Waals surface area (Å²) in [5.74, 6) is -1.02. The first-order valence-electron chi connectivity index (χ1n) is 13.3. The number of aryl methyl sites for hydroxylation is 2. The van der Waals surface area contributed by atoms with Crippen molar-refractivity contribution in [2.75, 3.05) is 37.7 Å². The van der Waals surface area contributed by atoms with Gasteiger partial charge in [0.1, 0.15) is 11.4 Å². The fourth-order valence-corrected chi connectivity index (χ4v) is 5.67. The molecule has 2 heterocycles. The number of piperidine rings is 1. The number of anilines is 1. The van der Waals surface area contributed by atoms with Gasteiger partial charge in [0.15, 0.2) is 0 Å². The third-order valence-electron chi connectivity index (χ3n) is 8.02. The molecule has 1 spiro atoms. The van der Waals surface area contributed by atoms with Gasteiger partial charge in [-0.3, -0.25) is 19.3 Å². The number of rotatable bonds is 6. The molecule has 1 N–H and O–H groups in total. The normalized spacial score (nSPS) is 16.8. The molecule has 3 aromatic rings. The Balaban J connectivity index is 1.32. The molecule has 2 fully saturated rings. The summed E-state index contributed by atoms with van der Waals surface area (Å²) in [5, 5.41) is 2.94. The van der Waals surface area contributed by atoms with Crippen LogP contribution in [0.15, 0.2) is 72.8 Å². The van der Waals surface area contributed by atoms with Crippen molar-refractivity contribution in [3.05, 3.63) is 101 Å². The maximum atomic E-state index is 13.9. The molecule has 0 saturated carbocycles. The molecule has 2 aliphatic heterocycles. The first kappa shape index (κ1) is 26.6. The molecular formula is C31H33FN4O3. The highest BCUT2D eigenvalue weighted by atomic mass is 19.1. The highest BCUT2D eigenvalue weighted by molar-refractivity contribution is 6.11. The predicted molar refractivity (Wildman–Crippen MR) is 148 cm³/mol. The number of nitrogens with zero attached hydrogens (tertiary/aromatic N) is 3. The van der Waals surface area contributed by atoms with Crippen LogP contribution in [0.3, 0.4) is 0 Å². The van der Waals surface area contributed by atoms with Crippen molar-refractivity contribution in [1.29, 1.82) is 0 Å². The second-order valence-electron chi connectivity index (χ2n) is 10.3. The Kier molecular flexibility index (Phi) is 7.48. The van der Waals surface area contributed by atoms with E-state index >= 15 is 0 Å². The highest BCUT2D eigenvalue weighted by Crippen LogP contribution is 2.36. The lowest BCUT2D eigenvalue weighted by molar-refractivity contribution is -0.125. The van der Waals surface area contributed by atoms with Crippen molar-refractivity contribution >= 4 is 23.4 Å². The highest BCUT2D eigenvalue weighted by Gasteiger charge is 2.50. The van der Waals surface area contributed by atoms with Crippen LogP contribution in [0.25, 0.3) is 0 Å².